The van der Waals surface area contributed by atoms with Crippen molar-refractivity contribution in [2.75, 3.05) is 0 Å². The van der Waals surface area contributed by atoms with Crippen LogP contribution in [0.1, 0.15) is 52.9 Å². The average molecular weight is 332 g/mol. The smallest absolute Gasteiger partial charge is 0.334 e. The molecule has 0 aromatic heterocycles. The molecule has 4 heteroatoms. The van der Waals surface area contributed by atoms with Gasteiger partial charge in [-0.3, -0.25) is 0 Å². The predicted molar refractivity (Wildman–Crippen MR) is 92.4 cm³/mol. The minimum absolute atomic E-state index is 0.00353. The molecule has 132 valence electrons. The minimum Gasteiger partial charge on any atom is -0.454 e. The van der Waals surface area contributed by atoms with Crippen molar-refractivity contribution < 1.29 is 19.4 Å². The number of carbonyl (C=O) groups excluding carboxylic acids is 1. The highest BCUT2D eigenvalue weighted by atomic mass is 16.6. The standard InChI is InChI=1S/C20H28O4/c1-12-6-5-9-20(4)17(24-20)8-7-13(2)11-16-18(15(21)10-12)14(3)19(22)23-16/h6,11,15-18,21H,3,5,7-10H2,1-2,4H3/b12-6+,13-11+/t15-,16-,17-,18-,20?/m1/s1. The van der Waals surface area contributed by atoms with Gasteiger partial charge in [-0.05, 0) is 59.0 Å². The fraction of sp³-hybridized carbons (Fsp3) is 0.650. The maximum Gasteiger partial charge on any atom is 0.334 e. The van der Waals surface area contributed by atoms with Crippen molar-refractivity contribution in [1.29, 1.82) is 0 Å². The Balaban J connectivity index is 1.83. The molecule has 2 fully saturated rings. The van der Waals surface area contributed by atoms with Crippen molar-refractivity contribution in [3.63, 3.8) is 0 Å². The zero-order chi connectivity index (χ0) is 17.5. The molecule has 4 nitrogen and oxygen atoms in total. The van der Waals surface area contributed by atoms with Crippen LogP contribution in [-0.4, -0.2) is 35.0 Å². The summed E-state index contributed by atoms with van der Waals surface area (Å²) < 4.78 is 11.3. The van der Waals surface area contributed by atoms with Gasteiger partial charge >= 0.3 is 5.97 Å². The SMILES string of the molecule is C=C1C(=O)O[C@@H]2/C=C(\C)CC[C@H]3OC3(C)CC/C=C(\C)C[C@@H](O)[C@@H]12. The molecular weight excluding hydrogens is 304 g/mol. The number of epoxide rings is 1. The molecule has 1 aliphatic carbocycles. The highest BCUT2D eigenvalue weighted by Gasteiger charge is 2.50. The molecule has 3 rings (SSSR count). The van der Waals surface area contributed by atoms with Gasteiger partial charge in [0.15, 0.2) is 0 Å². The van der Waals surface area contributed by atoms with E-state index in [0.29, 0.717) is 18.1 Å². The Kier molecular flexibility index (Phi) is 4.71. The largest absolute Gasteiger partial charge is 0.454 e. The normalized spacial score (nSPS) is 45.0. The molecule has 2 saturated heterocycles. The van der Waals surface area contributed by atoms with E-state index in [1.165, 1.54) is 5.57 Å². The number of fused-ring (bicyclic) bond motifs is 2. The summed E-state index contributed by atoms with van der Waals surface area (Å²) in [4.78, 5) is 11.9. The van der Waals surface area contributed by atoms with Crippen molar-refractivity contribution in [1.82, 2.24) is 0 Å². The zero-order valence-corrected chi connectivity index (χ0v) is 14.9. The van der Waals surface area contributed by atoms with Gasteiger partial charge in [0.25, 0.3) is 0 Å². The second kappa shape index (κ2) is 6.49. The molecule has 0 aromatic carbocycles. The number of allylic oxidation sites excluding steroid dienone is 2. The van der Waals surface area contributed by atoms with Crippen LogP contribution in [-0.2, 0) is 14.3 Å². The number of esters is 1. The van der Waals surface area contributed by atoms with Crippen LogP contribution in [0.2, 0.25) is 0 Å². The molecule has 0 bridgehead atoms. The van der Waals surface area contributed by atoms with Crippen molar-refractivity contribution in [3.05, 3.63) is 35.5 Å². The Morgan fingerprint density at radius 2 is 2.08 bits per heavy atom. The topological polar surface area (TPSA) is 59.1 Å². The van der Waals surface area contributed by atoms with Crippen LogP contribution in [0.15, 0.2) is 35.5 Å². The number of hydrogen-bond acceptors (Lipinski definition) is 4. The number of carbonyl (C=O) groups is 1. The summed E-state index contributed by atoms with van der Waals surface area (Å²) in [5.74, 6) is -0.752. The van der Waals surface area contributed by atoms with Crippen LogP contribution in [0.5, 0.6) is 0 Å². The van der Waals surface area contributed by atoms with Crippen LogP contribution < -0.4 is 0 Å². The zero-order valence-electron chi connectivity index (χ0n) is 14.9. The lowest BCUT2D eigenvalue weighted by Gasteiger charge is -2.22. The van der Waals surface area contributed by atoms with Gasteiger partial charge in [0, 0.05) is 5.57 Å². The summed E-state index contributed by atoms with van der Waals surface area (Å²) >= 11 is 0. The second-order valence-electron chi connectivity index (χ2n) is 7.75. The second-order valence-corrected chi connectivity index (χ2v) is 7.75. The summed E-state index contributed by atoms with van der Waals surface area (Å²) in [6.45, 7) is 10.1. The molecule has 0 spiro atoms. The molecule has 0 radical (unpaired) electrons. The van der Waals surface area contributed by atoms with Gasteiger partial charge in [-0.2, -0.15) is 0 Å². The maximum absolute atomic E-state index is 11.9. The summed E-state index contributed by atoms with van der Waals surface area (Å²) in [7, 11) is 0. The fourth-order valence-corrected chi connectivity index (χ4v) is 3.94. The molecule has 2 aliphatic heterocycles. The first-order chi connectivity index (χ1) is 11.3. The first kappa shape index (κ1) is 17.4. The molecule has 0 aromatic rings. The van der Waals surface area contributed by atoms with Crippen LogP contribution in [0, 0.1) is 5.92 Å². The van der Waals surface area contributed by atoms with Gasteiger partial charge in [-0.15, -0.1) is 0 Å². The molecular formula is C20H28O4. The Hall–Kier alpha value is -1.39. The van der Waals surface area contributed by atoms with E-state index >= 15 is 0 Å². The van der Waals surface area contributed by atoms with Crippen LogP contribution in [0.25, 0.3) is 0 Å². The highest BCUT2D eigenvalue weighted by Crippen LogP contribution is 2.44. The van der Waals surface area contributed by atoms with Gasteiger partial charge in [0.2, 0.25) is 0 Å². The Labute approximate surface area is 144 Å². The van der Waals surface area contributed by atoms with Gasteiger partial charge in [0.1, 0.15) is 6.10 Å². The molecule has 1 unspecified atom stereocenters. The molecule has 5 atom stereocenters. The van der Waals surface area contributed by atoms with E-state index in [0.717, 1.165) is 31.3 Å². The molecule has 1 N–H and O–H groups in total. The summed E-state index contributed by atoms with van der Waals surface area (Å²) in [5, 5.41) is 10.7. The summed E-state index contributed by atoms with van der Waals surface area (Å²) in [5.41, 5.74) is 2.68. The van der Waals surface area contributed by atoms with E-state index in [-0.39, 0.29) is 11.5 Å². The maximum atomic E-state index is 11.9. The Morgan fingerprint density at radius 1 is 1.33 bits per heavy atom. The quantitative estimate of drug-likeness (QED) is 0.319. The van der Waals surface area contributed by atoms with Crippen molar-refractivity contribution in [3.8, 4) is 0 Å². The third kappa shape index (κ3) is 3.50. The first-order valence-corrected chi connectivity index (χ1v) is 8.89. The Morgan fingerprint density at radius 3 is 2.83 bits per heavy atom. The van der Waals surface area contributed by atoms with Gasteiger partial charge in [0.05, 0.1) is 23.7 Å². The van der Waals surface area contributed by atoms with Crippen molar-refractivity contribution in [2.24, 2.45) is 5.92 Å². The highest BCUT2D eigenvalue weighted by molar-refractivity contribution is 5.91. The molecule has 24 heavy (non-hydrogen) atoms. The van der Waals surface area contributed by atoms with E-state index < -0.39 is 18.2 Å². The monoisotopic (exact) mass is 332 g/mol. The van der Waals surface area contributed by atoms with E-state index in [1.807, 2.05) is 13.0 Å². The average Bonchev–Trinajstić information content (AvgIpc) is 3.05. The number of rotatable bonds is 0. The third-order valence-corrected chi connectivity index (χ3v) is 5.63. The van der Waals surface area contributed by atoms with Crippen LogP contribution in [0.4, 0.5) is 0 Å². The van der Waals surface area contributed by atoms with Crippen LogP contribution in [0.3, 0.4) is 0 Å². The van der Waals surface area contributed by atoms with Gasteiger partial charge in [-0.25, -0.2) is 4.79 Å². The lowest BCUT2D eigenvalue weighted by Crippen LogP contribution is -2.28. The number of ether oxygens (including phenoxy) is 2. The fourth-order valence-electron chi connectivity index (χ4n) is 3.94. The van der Waals surface area contributed by atoms with E-state index in [4.69, 9.17) is 9.47 Å². The van der Waals surface area contributed by atoms with E-state index in [2.05, 4.69) is 26.5 Å². The van der Waals surface area contributed by atoms with E-state index in [9.17, 15) is 9.90 Å². The lowest BCUT2D eigenvalue weighted by atomic mass is 9.86. The number of aliphatic hydroxyl groups is 1. The summed E-state index contributed by atoms with van der Waals surface area (Å²) in [6, 6.07) is 0. The number of aliphatic hydroxyl groups excluding tert-OH is 1. The van der Waals surface area contributed by atoms with Crippen molar-refractivity contribution >= 4 is 5.97 Å². The molecule has 0 amide bonds. The number of hydrogen-bond donors (Lipinski definition) is 1. The van der Waals surface area contributed by atoms with Gasteiger partial charge < -0.3 is 14.6 Å². The minimum atomic E-state index is -0.655. The Bertz CT molecular complexity index is 603. The lowest BCUT2D eigenvalue weighted by molar-refractivity contribution is -0.137. The molecule has 2 heterocycles. The first-order valence-electron chi connectivity index (χ1n) is 8.89. The third-order valence-electron chi connectivity index (χ3n) is 5.63. The summed E-state index contributed by atoms with van der Waals surface area (Å²) in [6.07, 6.45) is 7.79. The molecule has 0 saturated carbocycles. The van der Waals surface area contributed by atoms with E-state index in [1.54, 1.807) is 0 Å². The molecule has 3 aliphatic rings. The predicted octanol–water partition coefficient (Wildman–Crippen LogP) is 3.46. The van der Waals surface area contributed by atoms with Crippen molar-refractivity contribution in [2.45, 2.75) is 76.8 Å². The van der Waals surface area contributed by atoms with Gasteiger partial charge in [-0.1, -0.05) is 23.8 Å². The van der Waals surface area contributed by atoms with Crippen LogP contribution >= 0.6 is 0 Å².